The predicted octanol–water partition coefficient (Wildman–Crippen LogP) is 7.68. The first-order valence-electron chi connectivity index (χ1n) is 11.4. The number of rotatable bonds is 5. The number of nitrogens with one attached hydrogen (secondary N) is 2. The van der Waals surface area contributed by atoms with Gasteiger partial charge in [0.25, 0.3) is 0 Å². The summed E-state index contributed by atoms with van der Waals surface area (Å²) in [6.07, 6.45) is 0.0954. The largest absolute Gasteiger partial charge is 0.416 e. The van der Waals surface area contributed by atoms with Crippen molar-refractivity contribution in [1.82, 2.24) is 10.3 Å². The number of anilines is 1. The van der Waals surface area contributed by atoms with E-state index in [0.717, 1.165) is 37.5 Å². The Kier molecular flexibility index (Phi) is 7.49. The van der Waals surface area contributed by atoms with Crippen molar-refractivity contribution in [3.05, 3.63) is 94.3 Å². The highest BCUT2D eigenvalue weighted by atomic mass is 35.5. The maximum atomic E-state index is 14.7. The molecule has 1 aromatic heterocycles. The topological polar surface area (TPSA) is 54.0 Å². The van der Waals surface area contributed by atoms with Crippen LogP contribution in [0.15, 0.2) is 60.8 Å². The van der Waals surface area contributed by atoms with Gasteiger partial charge >= 0.3 is 12.2 Å². The standard InChI is InChI=1S/C26H23ClF5N3O/c27-19-9-10-23(33-15-19)25(16-5-2-1-3-6-16,17-11-18(26(30,31)32)13-21(29)12-17)35-24(36)34-22-8-4-7-20(28)14-22/h4,7-16H,1-3,5-6H2,(H2,34,35,36)/t25-/m0/s1. The van der Waals surface area contributed by atoms with E-state index in [2.05, 4.69) is 15.6 Å². The Labute approximate surface area is 209 Å². The molecular weight excluding hydrogens is 501 g/mol. The van der Waals surface area contributed by atoms with E-state index in [1.165, 1.54) is 36.5 Å². The molecule has 4 nitrogen and oxygen atoms in total. The number of hydrogen-bond acceptors (Lipinski definition) is 2. The number of amides is 2. The fourth-order valence-electron chi connectivity index (χ4n) is 4.86. The molecule has 0 radical (unpaired) electrons. The summed E-state index contributed by atoms with van der Waals surface area (Å²) < 4.78 is 69.4. The first kappa shape index (κ1) is 25.9. The van der Waals surface area contributed by atoms with Crippen molar-refractivity contribution in [2.75, 3.05) is 5.32 Å². The normalized spacial score (nSPS) is 16.3. The quantitative estimate of drug-likeness (QED) is 0.337. The fraction of sp³-hybridized carbons (Fsp3) is 0.308. The molecule has 0 spiro atoms. The van der Waals surface area contributed by atoms with Gasteiger partial charge in [0.15, 0.2) is 0 Å². The van der Waals surface area contributed by atoms with Crippen LogP contribution >= 0.6 is 11.6 Å². The van der Waals surface area contributed by atoms with Crippen LogP contribution in [-0.4, -0.2) is 11.0 Å². The fourth-order valence-corrected chi connectivity index (χ4v) is 4.98. The molecule has 0 aliphatic heterocycles. The molecule has 1 heterocycles. The van der Waals surface area contributed by atoms with Crippen LogP contribution in [0.2, 0.25) is 5.02 Å². The summed E-state index contributed by atoms with van der Waals surface area (Å²) in [6.45, 7) is 0. The van der Waals surface area contributed by atoms with Gasteiger partial charge in [0.05, 0.1) is 16.3 Å². The summed E-state index contributed by atoms with van der Waals surface area (Å²) in [4.78, 5) is 17.6. The van der Waals surface area contributed by atoms with E-state index < -0.39 is 40.9 Å². The Hall–Kier alpha value is -3.20. The molecule has 10 heteroatoms. The summed E-state index contributed by atoms with van der Waals surface area (Å²) in [6, 6.07) is 9.65. The van der Waals surface area contributed by atoms with Gasteiger partial charge in [-0.25, -0.2) is 13.6 Å². The van der Waals surface area contributed by atoms with Crippen LogP contribution in [0.4, 0.5) is 32.4 Å². The van der Waals surface area contributed by atoms with Gasteiger partial charge in [-0.2, -0.15) is 13.2 Å². The SMILES string of the molecule is O=C(Nc1cccc(F)c1)N[C@@](c1cc(F)cc(C(F)(F)F)c1)(c1ccc(Cl)cn1)C1CCCCC1. The highest BCUT2D eigenvalue weighted by molar-refractivity contribution is 6.30. The minimum absolute atomic E-state index is 0.0917. The summed E-state index contributed by atoms with van der Waals surface area (Å²) >= 11 is 6.03. The molecule has 1 aliphatic rings. The van der Waals surface area contributed by atoms with Gasteiger partial charge in [-0.1, -0.05) is 36.9 Å². The van der Waals surface area contributed by atoms with E-state index >= 15 is 0 Å². The monoisotopic (exact) mass is 523 g/mol. The van der Waals surface area contributed by atoms with Crippen LogP contribution in [-0.2, 0) is 11.7 Å². The first-order chi connectivity index (χ1) is 17.1. The van der Waals surface area contributed by atoms with Gasteiger partial charge in [0.2, 0.25) is 0 Å². The Balaban J connectivity index is 1.89. The molecule has 3 aromatic rings. The number of aromatic nitrogens is 1. The van der Waals surface area contributed by atoms with Crippen molar-refractivity contribution in [2.24, 2.45) is 5.92 Å². The first-order valence-corrected chi connectivity index (χ1v) is 11.8. The highest BCUT2D eigenvalue weighted by Gasteiger charge is 2.46. The molecule has 0 saturated heterocycles. The Morgan fingerprint density at radius 3 is 2.28 bits per heavy atom. The summed E-state index contributed by atoms with van der Waals surface area (Å²) in [7, 11) is 0. The molecule has 2 aromatic carbocycles. The molecular formula is C26H23ClF5N3O. The lowest BCUT2D eigenvalue weighted by Crippen LogP contribution is -2.54. The summed E-state index contributed by atoms with van der Waals surface area (Å²) in [5.41, 5.74) is -2.54. The minimum atomic E-state index is -4.81. The van der Waals surface area contributed by atoms with Crippen LogP contribution in [0, 0.1) is 17.6 Å². The van der Waals surface area contributed by atoms with Gasteiger partial charge in [0, 0.05) is 11.9 Å². The second-order valence-electron chi connectivity index (χ2n) is 8.82. The number of carbonyl (C=O) groups is 1. The van der Waals surface area contributed by atoms with Crippen LogP contribution in [0.5, 0.6) is 0 Å². The molecule has 1 aliphatic carbocycles. The van der Waals surface area contributed by atoms with E-state index in [1.54, 1.807) is 0 Å². The number of halogens is 6. The molecule has 0 bridgehead atoms. The third-order valence-corrected chi connectivity index (χ3v) is 6.65. The van der Waals surface area contributed by atoms with E-state index in [9.17, 15) is 26.7 Å². The smallest absolute Gasteiger partial charge is 0.322 e. The Bertz CT molecular complexity index is 1230. The van der Waals surface area contributed by atoms with E-state index in [-0.39, 0.29) is 22.0 Å². The number of nitrogens with zero attached hydrogens (tertiary/aromatic N) is 1. The van der Waals surface area contributed by atoms with Crippen LogP contribution < -0.4 is 10.6 Å². The second-order valence-corrected chi connectivity index (χ2v) is 9.26. The van der Waals surface area contributed by atoms with Crippen molar-refractivity contribution in [3.63, 3.8) is 0 Å². The van der Waals surface area contributed by atoms with E-state index in [4.69, 9.17) is 11.6 Å². The molecule has 190 valence electrons. The second kappa shape index (κ2) is 10.4. The van der Waals surface area contributed by atoms with Gasteiger partial charge in [-0.3, -0.25) is 4.98 Å². The van der Waals surface area contributed by atoms with Crippen molar-refractivity contribution in [2.45, 2.75) is 43.8 Å². The number of carbonyl (C=O) groups excluding carboxylic acids is 1. The van der Waals surface area contributed by atoms with Crippen molar-refractivity contribution >= 4 is 23.3 Å². The lowest BCUT2D eigenvalue weighted by atomic mass is 9.68. The average molecular weight is 524 g/mol. The Morgan fingerprint density at radius 2 is 1.64 bits per heavy atom. The van der Waals surface area contributed by atoms with E-state index in [1.807, 2.05) is 0 Å². The summed E-state index contributed by atoms with van der Waals surface area (Å²) in [5, 5.41) is 5.63. The molecule has 0 unspecified atom stereocenters. The number of urea groups is 1. The maximum Gasteiger partial charge on any atom is 0.416 e. The van der Waals surface area contributed by atoms with E-state index in [0.29, 0.717) is 18.9 Å². The zero-order valence-electron chi connectivity index (χ0n) is 19.0. The molecule has 1 atom stereocenters. The lowest BCUT2D eigenvalue weighted by Gasteiger charge is -2.43. The molecule has 2 N–H and O–H groups in total. The van der Waals surface area contributed by atoms with Crippen LogP contribution in [0.3, 0.4) is 0 Å². The number of benzene rings is 2. The van der Waals surface area contributed by atoms with Gasteiger partial charge in [-0.15, -0.1) is 0 Å². The average Bonchev–Trinajstić information content (AvgIpc) is 2.83. The van der Waals surface area contributed by atoms with Crippen molar-refractivity contribution < 1.29 is 26.7 Å². The molecule has 36 heavy (non-hydrogen) atoms. The zero-order valence-corrected chi connectivity index (χ0v) is 19.8. The van der Waals surface area contributed by atoms with Crippen LogP contribution in [0.1, 0.15) is 48.9 Å². The number of alkyl halides is 3. The molecule has 2 amide bonds. The van der Waals surface area contributed by atoms with Crippen LogP contribution in [0.25, 0.3) is 0 Å². The molecule has 1 fully saturated rings. The van der Waals surface area contributed by atoms with Crippen molar-refractivity contribution in [1.29, 1.82) is 0 Å². The van der Waals surface area contributed by atoms with Gasteiger partial charge < -0.3 is 10.6 Å². The zero-order chi connectivity index (χ0) is 25.9. The van der Waals surface area contributed by atoms with Crippen molar-refractivity contribution in [3.8, 4) is 0 Å². The third-order valence-electron chi connectivity index (χ3n) is 6.42. The molecule has 4 rings (SSSR count). The Morgan fingerprint density at radius 1 is 0.917 bits per heavy atom. The predicted molar refractivity (Wildman–Crippen MR) is 127 cm³/mol. The third kappa shape index (κ3) is 5.61. The summed E-state index contributed by atoms with van der Waals surface area (Å²) in [5.74, 6) is -2.08. The number of hydrogen-bond donors (Lipinski definition) is 2. The van der Waals surface area contributed by atoms with Gasteiger partial charge in [0.1, 0.15) is 17.2 Å². The number of pyridine rings is 1. The molecule has 1 saturated carbocycles. The van der Waals surface area contributed by atoms with Gasteiger partial charge in [-0.05, 0) is 72.9 Å². The minimum Gasteiger partial charge on any atom is -0.322 e. The highest BCUT2D eigenvalue weighted by Crippen LogP contribution is 2.45. The maximum absolute atomic E-state index is 14.7. The lowest BCUT2D eigenvalue weighted by molar-refractivity contribution is -0.137.